The van der Waals surface area contributed by atoms with Gasteiger partial charge in [-0.25, -0.2) is 0 Å². The van der Waals surface area contributed by atoms with E-state index >= 15 is 0 Å². The maximum atomic E-state index is 3.75. The Balaban J connectivity index is 1.54. The van der Waals surface area contributed by atoms with Crippen LogP contribution in [0.2, 0.25) is 0 Å². The average molecular weight is 210 g/mol. The molecule has 0 aromatic heterocycles. The van der Waals surface area contributed by atoms with Gasteiger partial charge < -0.3 is 10.6 Å². The second-order valence-electron chi connectivity index (χ2n) is 5.30. The molecule has 0 unspecified atom stereocenters. The van der Waals surface area contributed by atoms with Crippen molar-refractivity contribution in [1.82, 2.24) is 10.6 Å². The number of hydrogen-bond acceptors (Lipinski definition) is 2. The lowest BCUT2D eigenvalue weighted by molar-refractivity contribution is 0.305. The molecule has 88 valence electrons. The summed E-state index contributed by atoms with van der Waals surface area (Å²) in [6, 6.07) is 2.54. The molecule has 0 aromatic carbocycles. The van der Waals surface area contributed by atoms with Crippen LogP contribution in [0.1, 0.15) is 58.3 Å². The molecule has 2 fully saturated rings. The van der Waals surface area contributed by atoms with Crippen LogP contribution in [0.4, 0.5) is 0 Å². The van der Waals surface area contributed by atoms with Crippen molar-refractivity contribution >= 4 is 0 Å². The molecule has 0 aliphatic heterocycles. The lowest BCUT2D eigenvalue weighted by Gasteiger charge is -2.30. The van der Waals surface area contributed by atoms with E-state index in [9.17, 15) is 0 Å². The number of nitrogens with one attached hydrogen (secondary N) is 2. The molecule has 2 aliphatic rings. The standard InChI is InChI=1S/C13H26N2/c1-2-3-10-14-11-4-6-12(7-5-11)15-13-8-9-13/h11-15H,2-10H2,1H3. The van der Waals surface area contributed by atoms with Gasteiger partial charge in [0.15, 0.2) is 0 Å². The van der Waals surface area contributed by atoms with Crippen molar-refractivity contribution in [2.45, 2.75) is 76.4 Å². The summed E-state index contributed by atoms with van der Waals surface area (Å²) < 4.78 is 0. The van der Waals surface area contributed by atoms with Crippen molar-refractivity contribution < 1.29 is 0 Å². The maximum absolute atomic E-state index is 3.75. The van der Waals surface area contributed by atoms with Crippen molar-refractivity contribution in [2.24, 2.45) is 0 Å². The fourth-order valence-corrected chi connectivity index (χ4v) is 2.53. The molecule has 0 atom stereocenters. The minimum atomic E-state index is 0.814. The third kappa shape index (κ3) is 4.12. The summed E-state index contributed by atoms with van der Waals surface area (Å²) in [5, 5.41) is 7.44. The Kier molecular flexibility index (Phi) is 4.45. The minimum Gasteiger partial charge on any atom is -0.314 e. The molecule has 2 rings (SSSR count). The van der Waals surface area contributed by atoms with Crippen LogP contribution in [-0.2, 0) is 0 Å². The van der Waals surface area contributed by atoms with Gasteiger partial charge in [0.2, 0.25) is 0 Å². The highest BCUT2D eigenvalue weighted by Crippen LogP contribution is 2.25. The van der Waals surface area contributed by atoms with Gasteiger partial charge in [-0.1, -0.05) is 13.3 Å². The zero-order valence-corrected chi connectivity index (χ0v) is 10.1. The molecule has 0 aromatic rings. The fraction of sp³-hybridized carbons (Fsp3) is 1.00. The van der Waals surface area contributed by atoms with Crippen LogP contribution in [0.15, 0.2) is 0 Å². The molecule has 2 N–H and O–H groups in total. The first kappa shape index (κ1) is 11.4. The quantitative estimate of drug-likeness (QED) is 0.658. The number of hydrogen-bond donors (Lipinski definition) is 2. The highest BCUT2D eigenvalue weighted by atomic mass is 15.0. The number of rotatable bonds is 6. The summed E-state index contributed by atoms with van der Waals surface area (Å²) in [7, 11) is 0. The zero-order valence-electron chi connectivity index (χ0n) is 10.1. The van der Waals surface area contributed by atoms with E-state index in [-0.39, 0.29) is 0 Å². The van der Waals surface area contributed by atoms with Gasteiger partial charge in [0.25, 0.3) is 0 Å². The van der Waals surface area contributed by atoms with E-state index in [0.717, 1.165) is 18.1 Å². The van der Waals surface area contributed by atoms with Crippen molar-refractivity contribution in [2.75, 3.05) is 6.54 Å². The highest BCUT2D eigenvalue weighted by molar-refractivity contribution is 4.88. The van der Waals surface area contributed by atoms with Crippen molar-refractivity contribution in [1.29, 1.82) is 0 Å². The highest BCUT2D eigenvalue weighted by Gasteiger charge is 2.27. The van der Waals surface area contributed by atoms with Gasteiger partial charge in [0.05, 0.1) is 0 Å². The monoisotopic (exact) mass is 210 g/mol. The van der Waals surface area contributed by atoms with Gasteiger partial charge in [-0.05, 0) is 51.5 Å². The van der Waals surface area contributed by atoms with Gasteiger partial charge >= 0.3 is 0 Å². The van der Waals surface area contributed by atoms with E-state index < -0.39 is 0 Å². The lowest BCUT2D eigenvalue weighted by atomic mass is 9.91. The summed E-state index contributed by atoms with van der Waals surface area (Å²) in [6.07, 6.45) is 11.0. The second-order valence-corrected chi connectivity index (χ2v) is 5.30. The normalized spacial score (nSPS) is 31.8. The van der Waals surface area contributed by atoms with E-state index in [0.29, 0.717) is 0 Å². The minimum absolute atomic E-state index is 0.814. The molecule has 2 nitrogen and oxygen atoms in total. The molecular formula is C13H26N2. The molecule has 2 saturated carbocycles. The fourth-order valence-electron chi connectivity index (χ4n) is 2.53. The first-order valence-electron chi connectivity index (χ1n) is 6.88. The summed E-state index contributed by atoms with van der Waals surface area (Å²) in [6.45, 7) is 3.49. The van der Waals surface area contributed by atoms with Gasteiger partial charge in [-0.3, -0.25) is 0 Å². The van der Waals surface area contributed by atoms with Crippen LogP contribution in [0.3, 0.4) is 0 Å². The van der Waals surface area contributed by atoms with Crippen LogP contribution < -0.4 is 10.6 Å². The summed E-state index contributed by atoms with van der Waals surface area (Å²) in [5.41, 5.74) is 0. The Labute approximate surface area is 94.2 Å². The molecule has 0 heterocycles. The Bertz CT molecular complexity index is 169. The maximum Gasteiger partial charge on any atom is 0.00708 e. The Morgan fingerprint density at radius 3 is 1.93 bits per heavy atom. The Morgan fingerprint density at radius 1 is 0.867 bits per heavy atom. The van der Waals surface area contributed by atoms with Gasteiger partial charge in [-0.15, -0.1) is 0 Å². The van der Waals surface area contributed by atoms with Crippen LogP contribution in [0, 0.1) is 0 Å². The van der Waals surface area contributed by atoms with Gasteiger partial charge in [0, 0.05) is 18.1 Å². The Morgan fingerprint density at radius 2 is 1.40 bits per heavy atom. The SMILES string of the molecule is CCCCNC1CCC(NC2CC2)CC1. The van der Waals surface area contributed by atoms with Crippen LogP contribution >= 0.6 is 0 Å². The smallest absolute Gasteiger partial charge is 0.00708 e. The van der Waals surface area contributed by atoms with E-state index in [1.165, 1.54) is 57.9 Å². The topological polar surface area (TPSA) is 24.1 Å². The largest absolute Gasteiger partial charge is 0.314 e. The molecule has 0 spiro atoms. The van der Waals surface area contributed by atoms with Crippen LogP contribution in [0.5, 0.6) is 0 Å². The first-order valence-corrected chi connectivity index (χ1v) is 6.88. The summed E-state index contributed by atoms with van der Waals surface area (Å²) in [5.74, 6) is 0. The molecular weight excluding hydrogens is 184 g/mol. The zero-order chi connectivity index (χ0) is 10.5. The lowest BCUT2D eigenvalue weighted by Crippen LogP contribution is -2.40. The average Bonchev–Trinajstić information content (AvgIpc) is 3.05. The third-order valence-corrected chi connectivity index (χ3v) is 3.74. The molecule has 0 radical (unpaired) electrons. The molecule has 0 saturated heterocycles. The van der Waals surface area contributed by atoms with Crippen molar-refractivity contribution in [3.05, 3.63) is 0 Å². The van der Waals surface area contributed by atoms with E-state index in [1.807, 2.05) is 0 Å². The van der Waals surface area contributed by atoms with Gasteiger partial charge in [-0.2, -0.15) is 0 Å². The van der Waals surface area contributed by atoms with Crippen LogP contribution in [0.25, 0.3) is 0 Å². The number of unbranched alkanes of at least 4 members (excludes halogenated alkanes) is 1. The van der Waals surface area contributed by atoms with Crippen molar-refractivity contribution in [3.63, 3.8) is 0 Å². The molecule has 2 aliphatic carbocycles. The molecule has 15 heavy (non-hydrogen) atoms. The van der Waals surface area contributed by atoms with E-state index in [1.54, 1.807) is 0 Å². The van der Waals surface area contributed by atoms with Crippen LogP contribution in [-0.4, -0.2) is 24.7 Å². The predicted octanol–water partition coefficient (Wildman–Crippen LogP) is 2.44. The third-order valence-electron chi connectivity index (χ3n) is 3.74. The predicted molar refractivity (Wildman–Crippen MR) is 65.1 cm³/mol. The second kappa shape index (κ2) is 5.86. The summed E-state index contributed by atoms with van der Waals surface area (Å²) in [4.78, 5) is 0. The van der Waals surface area contributed by atoms with Crippen molar-refractivity contribution in [3.8, 4) is 0 Å². The molecule has 0 bridgehead atoms. The molecule has 0 amide bonds. The first-order chi connectivity index (χ1) is 7.38. The van der Waals surface area contributed by atoms with E-state index in [4.69, 9.17) is 0 Å². The summed E-state index contributed by atoms with van der Waals surface area (Å²) >= 11 is 0. The molecule has 2 heteroatoms. The van der Waals surface area contributed by atoms with E-state index in [2.05, 4.69) is 17.6 Å². The van der Waals surface area contributed by atoms with Gasteiger partial charge in [0.1, 0.15) is 0 Å². The Hall–Kier alpha value is -0.0800.